The van der Waals surface area contributed by atoms with E-state index in [1.165, 1.54) is 5.56 Å². The third-order valence-corrected chi connectivity index (χ3v) is 5.23. The number of hydrogen-bond acceptors (Lipinski definition) is 2. The van der Waals surface area contributed by atoms with E-state index < -0.39 is 0 Å². The van der Waals surface area contributed by atoms with E-state index >= 15 is 0 Å². The van der Waals surface area contributed by atoms with E-state index in [9.17, 15) is 9.59 Å². The number of carbonyl (C=O) groups is 2. The molecule has 0 unspecified atom stereocenters. The molecule has 2 amide bonds. The van der Waals surface area contributed by atoms with E-state index in [1.807, 2.05) is 68.4 Å². The van der Waals surface area contributed by atoms with Crippen molar-refractivity contribution >= 4 is 34.0 Å². The summed E-state index contributed by atoms with van der Waals surface area (Å²) in [4.78, 5) is 26.8. The summed E-state index contributed by atoms with van der Waals surface area (Å²) in [6.07, 6.45) is 0.996. The summed E-state index contributed by atoms with van der Waals surface area (Å²) in [6.45, 7) is 4.61. The Bertz CT molecular complexity index is 1050. The number of benzene rings is 3. The van der Waals surface area contributed by atoms with Gasteiger partial charge >= 0.3 is 0 Å². The lowest BCUT2D eigenvalue weighted by Gasteiger charge is -2.17. The summed E-state index contributed by atoms with van der Waals surface area (Å²) < 4.78 is 0. The van der Waals surface area contributed by atoms with Crippen molar-refractivity contribution in [3.05, 3.63) is 71.3 Å². The smallest absolute Gasteiger partial charge is 0.258 e. The van der Waals surface area contributed by atoms with Gasteiger partial charge in [-0.25, -0.2) is 0 Å². The van der Waals surface area contributed by atoms with Crippen LogP contribution >= 0.6 is 0 Å². The van der Waals surface area contributed by atoms with Gasteiger partial charge in [0.2, 0.25) is 5.91 Å². The summed E-state index contributed by atoms with van der Waals surface area (Å²) in [5.41, 5.74) is 4.87. The highest BCUT2D eigenvalue weighted by molar-refractivity contribution is 6.25. The Balaban J connectivity index is 1.40. The predicted octanol–water partition coefficient (Wildman–Crippen LogP) is 4.84. The highest BCUT2D eigenvalue weighted by Gasteiger charge is 2.28. The largest absolute Gasteiger partial charge is 0.326 e. The third kappa shape index (κ3) is 3.19. The maximum absolute atomic E-state index is 12.7. The van der Waals surface area contributed by atoms with Crippen LogP contribution in [0.1, 0.15) is 34.3 Å². The van der Waals surface area contributed by atoms with Gasteiger partial charge in [-0.1, -0.05) is 30.3 Å². The molecule has 0 radical (unpaired) electrons. The minimum absolute atomic E-state index is 0.0244. The van der Waals surface area contributed by atoms with Crippen molar-refractivity contribution in [2.75, 3.05) is 16.8 Å². The molecule has 1 N–H and O–H groups in total. The van der Waals surface area contributed by atoms with Crippen molar-refractivity contribution in [1.82, 2.24) is 0 Å². The van der Waals surface area contributed by atoms with Crippen molar-refractivity contribution in [2.24, 2.45) is 0 Å². The molecular weight excluding hydrogens is 336 g/mol. The monoisotopic (exact) mass is 358 g/mol. The first-order chi connectivity index (χ1) is 13.0. The first-order valence-electron chi connectivity index (χ1n) is 9.25. The minimum Gasteiger partial charge on any atom is -0.326 e. The van der Waals surface area contributed by atoms with Gasteiger partial charge in [0.05, 0.1) is 5.69 Å². The first kappa shape index (κ1) is 17.3. The Morgan fingerprint density at radius 1 is 1.00 bits per heavy atom. The van der Waals surface area contributed by atoms with Crippen molar-refractivity contribution in [3.63, 3.8) is 0 Å². The molecular formula is C23H22N2O2. The van der Waals surface area contributed by atoms with Crippen LogP contribution < -0.4 is 10.2 Å². The summed E-state index contributed by atoms with van der Waals surface area (Å²) in [5.74, 6) is -0.00279. The van der Waals surface area contributed by atoms with E-state index in [0.29, 0.717) is 19.4 Å². The molecule has 4 rings (SSSR count). The Kier molecular flexibility index (Phi) is 4.40. The van der Waals surface area contributed by atoms with Crippen LogP contribution in [-0.4, -0.2) is 18.4 Å². The van der Waals surface area contributed by atoms with Gasteiger partial charge < -0.3 is 10.2 Å². The van der Waals surface area contributed by atoms with Crippen LogP contribution in [0, 0.1) is 13.8 Å². The van der Waals surface area contributed by atoms with Gasteiger partial charge in [-0.05, 0) is 61.0 Å². The van der Waals surface area contributed by atoms with E-state index in [1.54, 1.807) is 4.90 Å². The molecule has 0 atom stereocenters. The highest BCUT2D eigenvalue weighted by atomic mass is 16.2. The van der Waals surface area contributed by atoms with Crippen LogP contribution in [0.15, 0.2) is 54.6 Å². The SMILES string of the molecule is Cc1ccc(NC(=O)CCCN2C(=O)c3cccc4cccc2c34)cc1C. The van der Waals surface area contributed by atoms with Gasteiger partial charge in [-0.2, -0.15) is 0 Å². The summed E-state index contributed by atoms with van der Waals surface area (Å²) in [6, 6.07) is 17.7. The second kappa shape index (κ2) is 6.88. The zero-order valence-electron chi connectivity index (χ0n) is 15.6. The third-order valence-electron chi connectivity index (χ3n) is 5.23. The number of carbonyl (C=O) groups excluding carboxylic acids is 2. The zero-order chi connectivity index (χ0) is 19.0. The topological polar surface area (TPSA) is 49.4 Å². The van der Waals surface area contributed by atoms with Crippen molar-refractivity contribution in [2.45, 2.75) is 26.7 Å². The second-order valence-electron chi connectivity index (χ2n) is 7.09. The lowest BCUT2D eigenvalue weighted by molar-refractivity contribution is -0.116. The molecule has 3 aromatic rings. The highest BCUT2D eigenvalue weighted by Crippen LogP contribution is 2.37. The fourth-order valence-electron chi connectivity index (χ4n) is 3.64. The lowest BCUT2D eigenvalue weighted by atomic mass is 10.1. The molecule has 4 nitrogen and oxygen atoms in total. The Morgan fingerprint density at radius 2 is 1.78 bits per heavy atom. The summed E-state index contributed by atoms with van der Waals surface area (Å²) in [5, 5.41) is 5.04. The van der Waals surface area contributed by atoms with Gasteiger partial charge in [-0.3, -0.25) is 9.59 Å². The molecule has 1 heterocycles. The zero-order valence-corrected chi connectivity index (χ0v) is 15.6. The Morgan fingerprint density at radius 3 is 2.56 bits per heavy atom. The lowest BCUT2D eigenvalue weighted by Crippen LogP contribution is -2.28. The number of aryl methyl sites for hydroxylation is 2. The molecule has 1 aliphatic rings. The number of rotatable bonds is 5. The van der Waals surface area contributed by atoms with Gasteiger partial charge in [0.25, 0.3) is 5.91 Å². The average Bonchev–Trinajstić information content (AvgIpc) is 2.93. The normalized spacial score (nSPS) is 12.7. The number of amides is 2. The van der Waals surface area contributed by atoms with Crippen LogP contribution in [0.5, 0.6) is 0 Å². The molecule has 0 saturated carbocycles. The number of anilines is 2. The predicted molar refractivity (Wildman–Crippen MR) is 109 cm³/mol. The maximum Gasteiger partial charge on any atom is 0.258 e. The van der Waals surface area contributed by atoms with Crippen LogP contribution in [0.3, 0.4) is 0 Å². The van der Waals surface area contributed by atoms with Crippen LogP contribution in [0.4, 0.5) is 11.4 Å². The molecule has 3 aromatic carbocycles. The van der Waals surface area contributed by atoms with Crippen LogP contribution in [-0.2, 0) is 4.79 Å². The Labute approximate surface area is 158 Å². The molecule has 1 aliphatic heterocycles. The molecule has 0 bridgehead atoms. The quantitative estimate of drug-likeness (QED) is 0.710. The molecule has 27 heavy (non-hydrogen) atoms. The maximum atomic E-state index is 12.7. The average molecular weight is 358 g/mol. The number of hydrogen-bond donors (Lipinski definition) is 1. The van der Waals surface area contributed by atoms with Gasteiger partial charge in [0.15, 0.2) is 0 Å². The van der Waals surface area contributed by atoms with E-state index in [0.717, 1.165) is 33.3 Å². The standard InChI is InChI=1S/C23H22N2O2/c1-15-11-12-18(14-16(15)2)24-21(26)10-5-13-25-20-9-4-7-17-6-3-8-19(22(17)20)23(25)27/h3-4,6-9,11-12,14H,5,10,13H2,1-2H3,(H,24,26). The van der Waals surface area contributed by atoms with Crippen molar-refractivity contribution in [3.8, 4) is 0 Å². The van der Waals surface area contributed by atoms with Gasteiger partial charge in [0.1, 0.15) is 0 Å². The van der Waals surface area contributed by atoms with Crippen molar-refractivity contribution in [1.29, 1.82) is 0 Å². The van der Waals surface area contributed by atoms with Crippen molar-refractivity contribution < 1.29 is 9.59 Å². The van der Waals surface area contributed by atoms with E-state index in [4.69, 9.17) is 0 Å². The molecule has 0 fully saturated rings. The molecule has 4 heteroatoms. The molecule has 0 aromatic heterocycles. The number of nitrogens with zero attached hydrogens (tertiary/aromatic N) is 1. The molecule has 136 valence electrons. The fourth-order valence-corrected chi connectivity index (χ4v) is 3.64. The van der Waals surface area contributed by atoms with Gasteiger partial charge in [0, 0.05) is 29.6 Å². The van der Waals surface area contributed by atoms with Gasteiger partial charge in [-0.15, -0.1) is 0 Å². The van der Waals surface area contributed by atoms with E-state index in [-0.39, 0.29) is 11.8 Å². The molecule has 0 aliphatic carbocycles. The summed E-state index contributed by atoms with van der Waals surface area (Å²) >= 11 is 0. The van der Waals surface area contributed by atoms with Crippen LogP contribution in [0.25, 0.3) is 10.8 Å². The molecule has 0 spiro atoms. The molecule has 0 saturated heterocycles. The Hall–Kier alpha value is -3.14. The van der Waals surface area contributed by atoms with Crippen LogP contribution in [0.2, 0.25) is 0 Å². The summed E-state index contributed by atoms with van der Waals surface area (Å²) in [7, 11) is 0. The first-order valence-corrected chi connectivity index (χ1v) is 9.25. The number of nitrogens with one attached hydrogen (secondary N) is 1. The second-order valence-corrected chi connectivity index (χ2v) is 7.09. The fraction of sp³-hybridized carbons (Fsp3) is 0.217. The van der Waals surface area contributed by atoms with E-state index in [2.05, 4.69) is 5.32 Å². The minimum atomic E-state index is -0.0272.